The van der Waals surface area contributed by atoms with Crippen LogP contribution in [0.2, 0.25) is 0 Å². The first-order valence-corrected chi connectivity index (χ1v) is 10.1. The van der Waals surface area contributed by atoms with Gasteiger partial charge in [-0.2, -0.15) is 0 Å². The molecule has 31 heavy (non-hydrogen) atoms. The maximum absolute atomic E-state index is 12.1. The highest BCUT2D eigenvalue weighted by Crippen LogP contribution is 2.32. The van der Waals surface area contributed by atoms with Gasteiger partial charge in [0.05, 0.1) is 19.9 Å². The van der Waals surface area contributed by atoms with E-state index in [1.807, 2.05) is 66.2 Å². The van der Waals surface area contributed by atoms with Crippen molar-refractivity contribution in [3.63, 3.8) is 0 Å². The van der Waals surface area contributed by atoms with Gasteiger partial charge in [-0.05, 0) is 18.6 Å². The van der Waals surface area contributed by atoms with Crippen molar-refractivity contribution in [1.29, 1.82) is 0 Å². The number of imidazole rings is 1. The Bertz CT molecular complexity index is 1220. The lowest BCUT2D eigenvalue weighted by Gasteiger charge is -2.13. The van der Waals surface area contributed by atoms with Crippen LogP contribution in [0.1, 0.15) is 30.1 Å². The van der Waals surface area contributed by atoms with Crippen molar-refractivity contribution < 1.29 is 14.3 Å². The lowest BCUT2D eigenvalue weighted by molar-refractivity contribution is 0.0982. The number of methoxy groups -OCH3 is 2. The van der Waals surface area contributed by atoms with Crippen molar-refractivity contribution >= 4 is 22.9 Å². The van der Waals surface area contributed by atoms with Crippen LogP contribution in [0.3, 0.4) is 0 Å². The van der Waals surface area contributed by atoms with Gasteiger partial charge in [0.25, 0.3) is 0 Å². The molecule has 1 N–H and O–H groups in total. The summed E-state index contributed by atoms with van der Waals surface area (Å²) in [6.07, 6.45) is 6.92. The molecule has 0 atom stereocenters. The van der Waals surface area contributed by atoms with E-state index >= 15 is 0 Å². The normalized spacial score (nSPS) is 10.8. The number of ketones is 1. The first-order valence-electron chi connectivity index (χ1n) is 10.1. The van der Waals surface area contributed by atoms with Crippen LogP contribution in [-0.2, 0) is 0 Å². The van der Waals surface area contributed by atoms with Crippen molar-refractivity contribution in [3.8, 4) is 22.8 Å². The fraction of sp³-hybridized carbons (Fsp3) is 0.208. The number of nitrogens with zero attached hydrogens (tertiary/aromatic N) is 3. The summed E-state index contributed by atoms with van der Waals surface area (Å²) >= 11 is 0. The molecule has 0 spiro atoms. The van der Waals surface area contributed by atoms with Gasteiger partial charge in [0, 0.05) is 47.9 Å². The van der Waals surface area contributed by atoms with Crippen LogP contribution in [0.5, 0.6) is 11.5 Å². The number of fused-ring (bicyclic) bond motifs is 1. The Morgan fingerprint density at radius 2 is 1.84 bits per heavy atom. The summed E-state index contributed by atoms with van der Waals surface area (Å²) in [4.78, 5) is 21.3. The summed E-state index contributed by atoms with van der Waals surface area (Å²) in [5, 5.41) is 3.33. The lowest BCUT2D eigenvalue weighted by Crippen LogP contribution is -2.01. The third kappa shape index (κ3) is 4.21. The highest BCUT2D eigenvalue weighted by Gasteiger charge is 2.12. The van der Waals surface area contributed by atoms with Crippen molar-refractivity contribution in [1.82, 2.24) is 14.4 Å². The van der Waals surface area contributed by atoms with E-state index in [0.29, 0.717) is 29.4 Å². The minimum atomic E-state index is 0.155. The Morgan fingerprint density at radius 3 is 2.55 bits per heavy atom. The van der Waals surface area contributed by atoms with Crippen LogP contribution < -0.4 is 14.8 Å². The van der Waals surface area contributed by atoms with E-state index in [1.54, 1.807) is 20.4 Å². The van der Waals surface area contributed by atoms with Crippen LogP contribution >= 0.6 is 0 Å². The van der Waals surface area contributed by atoms with Crippen molar-refractivity contribution in [2.75, 3.05) is 19.5 Å². The maximum Gasteiger partial charge on any atom is 0.180 e. The number of anilines is 2. The number of benzene rings is 2. The molecule has 0 radical (unpaired) electrons. The summed E-state index contributed by atoms with van der Waals surface area (Å²) in [6.45, 7) is 2.00. The number of hydrogen-bond donors (Lipinski definition) is 1. The van der Waals surface area contributed by atoms with Crippen LogP contribution in [0.15, 0.2) is 61.1 Å². The zero-order valence-corrected chi connectivity index (χ0v) is 17.8. The predicted octanol–water partition coefficient (Wildman–Crippen LogP) is 5.14. The molecule has 7 nitrogen and oxygen atoms in total. The van der Waals surface area contributed by atoms with Gasteiger partial charge < -0.3 is 19.2 Å². The lowest BCUT2D eigenvalue weighted by atomic mass is 10.0. The molecular weight excluding hydrogens is 392 g/mol. The van der Waals surface area contributed by atoms with Crippen molar-refractivity contribution in [3.05, 3.63) is 66.6 Å². The molecule has 2 aromatic heterocycles. The third-order valence-electron chi connectivity index (χ3n) is 5.00. The summed E-state index contributed by atoms with van der Waals surface area (Å²) in [7, 11) is 3.20. The van der Waals surface area contributed by atoms with Crippen LogP contribution in [-0.4, -0.2) is 34.4 Å². The number of rotatable bonds is 8. The molecule has 2 aromatic carbocycles. The Hall–Kier alpha value is -3.87. The van der Waals surface area contributed by atoms with E-state index in [4.69, 9.17) is 14.5 Å². The molecule has 0 saturated carbocycles. The van der Waals surface area contributed by atoms with Gasteiger partial charge in [-0.3, -0.25) is 4.79 Å². The molecule has 0 fully saturated rings. The smallest absolute Gasteiger partial charge is 0.180 e. The van der Waals surface area contributed by atoms with Gasteiger partial charge in [0.15, 0.2) is 28.7 Å². The van der Waals surface area contributed by atoms with Crippen LogP contribution in [0.25, 0.3) is 16.9 Å². The van der Waals surface area contributed by atoms with E-state index in [1.165, 1.54) is 0 Å². The number of hydrogen-bond acceptors (Lipinski definition) is 6. The average molecular weight is 416 g/mol. The van der Waals surface area contributed by atoms with Crippen LogP contribution in [0.4, 0.5) is 11.5 Å². The van der Waals surface area contributed by atoms with Crippen molar-refractivity contribution in [2.24, 2.45) is 0 Å². The van der Waals surface area contributed by atoms with E-state index in [2.05, 4.69) is 10.3 Å². The van der Waals surface area contributed by atoms with E-state index < -0.39 is 0 Å². The Morgan fingerprint density at radius 1 is 1.06 bits per heavy atom. The second-order valence-corrected chi connectivity index (χ2v) is 7.08. The summed E-state index contributed by atoms with van der Waals surface area (Å²) in [6, 6.07) is 13.1. The fourth-order valence-electron chi connectivity index (χ4n) is 3.40. The average Bonchev–Trinajstić information content (AvgIpc) is 3.28. The standard InChI is InChI=1S/C24H24N4O3/c1-4-5-20(29)17-8-6-16(7-9-17)19-15-28-13-12-25-24(28)23(27-19)26-18-10-11-21(30-2)22(14-18)31-3/h6-15H,4-5H2,1-3H3,(H,26,27). The molecule has 4 rings (SSSR count). The molecule has 0 saturated heterocycles. The number of carbonyl (C=O) groups excluding carboxylic acids is 1. The minimum Gasteiger partial charge on any atom is -0.493 e. The molecular formula is C24H24N4O3. The second-order valence-electron chi connectivity index (χ2n) is 7.08. The van der Waals surface area contributed by atoms with Gasteiger partial charge in [-0.25, -0.2) is 9.97 Å². The molecule has 2 heterocycles. The summed E-state index contributed by atoms with van der Waals surface area (Å²) in [5.41, 5.74) is 3.90. The number of aromatic nitrogens is 3. The molecule has 0 aliphatic rings. The minimum absolute atomic E-state index is 0.155. The zero-order chi connectivity index (χ0) is 21.8. The molecule has 0 aliphatic carbocycles. The largest absolute Gasteiger partial charge is 0.493 e. The highest BCUT2D eigenvalue weighted by molar-refractivity contribution is 5.96. The summed E-state index contributed by atoms with van der Waals surface area (Å²) < 4.78 is 12.6. The zero-order valence-electron chi connectivity index (χ0n) is 17.8. The molecule has 0 bridgehead atoms. The highest BCUT2D eigenvalue weighted by atomic mass is 16.5. The number of nitrogens with one attached hydrogen (secondary N) is 1. The monoisotopic (exact) mass is 416 g/mol. The predicted molar refractivity (Wildman–Crippen MR) is 120 cm³/mol. The van der Waals surface area contributed by atoms with E-state index in [-0.39, 0.29) is 5.78 Å². The maximum atomic E-state index is 12.1. The van der Waals surface area contributed by atoms with Gasteiger partial charge >= 0.3 is 0 Å². The van der Waals surface area contributed by atoms with Gasteiger partial charge in [0.1, 0.15) is 0 Å². The van der Waals surface area contributed by atoms with Crippen LogP contribution in [0, 0.1) is 0 Å². The Labute approximate surface area is 180 Å². The van der Waals surface area contributed by atoms with E-state index in [9.17, 15) is 4.79 Å². The topological polar surface area (TPSA) is 77.8 Å². The first kappa shape index (κ1) is 20.4. The number of Topliss-reactive ketones (excluding diaryl/α,β-unsaturated/α-hetero) is 1. The molecule has 7 heteroatoms. The van der Waals surface area contributed by atoms with Gasteiger partial charge in [-0.1, -0.05) is 31.2 Å². The number of ether oxygens (including phenoxy) is 2. The van der Waals surface area contributed by atoms with E-state index in [0.717, 1.165) is 28.9 Å². The quantitative estimate of drug-likeness (QED) is 0.401. The Kier molecular flexibility index (Phi) is 5.84. The van der Waals surface area contributed by atoms with Crippen molar-refractivity contribution in [2.45, 2.75) is 19.8 Å². The number of carbonyl (C=O) groups is 1. The molecule has 0 amide bonds. The summed E-state index contributed by atoms with van der Waals surface area (Å²) in [5.74, 6) is 2.04. The SMILES string of the molecule is CCCC(=O)c1ccc(-c2cn3ccnc3c(Nc3ccc(OC)c(OC)c3)n2)cc1. The molecule has 4 aromatic rings. The molecule has 0 unspecified atom stereocenters. The molecule has 158 valence electrons. The van der Waals surface area contributed by atoms with Gasteiger partial charge in [0.2, 0.25) is 0 Å². The third-order valence-corrected chi connectivity index (χ3v) is 5.00. The Balaban J connectivity index is 1.69. The fourth-order valence-corrected chi connectivity index (χ4v) is 3.40. The first-order chi connectivity index (χ1) is 15.1. The molecule has 0 aliphatic heterocycles. The second kappa shape index (κ2) is 8.87. The van der Waals surface area contributed by atoms with Gasteiger partial charge in [-0.15, -0.1) is 0 Å².